The average molecular weight is 336 g/mol. The zero-order valence-corrected chi connectivity index (χ0v) is 13.5. The summed E-state index contributed by atoms with van der Waals surface area (Å²) < 4.78 is 6.72. The Bertz CT molecular complexity index is 657. The minimum atomic E-state index is -1.18. The topological polar surface area (TPSA) is 105 Å². The van der Waals surface area contributed by atoms with Crippen molar-refractivity contribution < 1.29 is 24.2 Å². The molecule has 0 spiro atoms. The van der Waals surface area contributed by atoms with Gasteiger partial charge in [-0.05, 0) is 12.8 Å². The normalized spacial score (nSPS) is 21.1. The van der Waals surface area contributed by atoms with Gasteiger partial charge in [0.05, 0.1) is 0 Å². The number of ether oxygens (including phenoxy) is 1. The first-order valence-corrected chi connectivity index (χ1v) is 7.94. The van der Waals surface area contributed by atoms with Gasteiger partial charge >= 0.3 is 5.97 Å². The van der Waals surface area contributed by atoms with Crippen LogP contribution in [0.15, 0.2) is 6.20 Å². The van der Waals surface area contributed by atoms with Crippen molar-refractivity contribution in [3.05, 3.63) is 17.5 Å². The summed E-state index contributed by atoms with van der Waals surface area (Å²) in [7, 11) is 1.57. The fourth-order valence-corrected chi connectivity index (χ4v) is 3.06. The molecule has 9 nitrogen and oxygen atoms in total. The number of rotatable bonds is 3. The van der Waals surface area contributed by atoms with Gasteiger partial charge < -0.3 is 19.6 Å². The molecule has 9 heteroatoms. The number of hydrogen-bond donors (Lipinski definition) is 1. The molecule has 130 valence electrons. The summed E-state index contributed by atoms with van der Waals surface area (Å²) in [5.41, 5.74) is -0.177. The van der Waals surface area contributed by atoms with Gasteiger partial charge in [0.25, 0.3) is 11.8 Å². The van der Waals surface area contributed by atoms with Gasteiger partial charge in [-0.25, -0.2) is 4.79 Å². The molecule has 0 radical (unpaired) electrons. The minimum absolute atomic E-state index is 0.0244. The van der Waals surface area contributed by atoms with E-state index in [1.165, 1.54) is 15.8 Å². The quantitative estimate of drug-likeness (QED) is 0.804. The molecule has 2 amide bonds. The van der Waals surface area contributed by atoms with E-state index in [0.717, 1.165) is 12.8 Å². The van der Waals surface area contributed by atoms with Crippen molar-refractivity contribution in [1.29, 1.82) is 0 Å². The third-order valence-electron chi connectivity index (χ3n) is 4.35. The molecule has 1 aromatic rings. The van der Waals surface area contributed by atoms with Gasteiger partial charge in [0.1, 0.15) is 11.7 Å². The molecule has 1 unspecified atom stereocenters. The van der Waals surface area contributed by atoms with Crippen LogP contribution in [0.3, 0.4) is 0 Å². The molecular formula is C15H20N4O5. The smallest absolute Gasteiger partial charge is 0.339 e. The molecule has 1 N–H and O–H groups in total. The Labute approximate surface area is 138 Å². The fraction of sp³-hybridized carbons (Fsp3) is 0.600. The summed E-state index contributed by atoms with van der Waals surface area (Å²) in [5.74, 6) is -1.63. The number of carboxylic acid groups (broad SMARTS) is 1. The minimum Gasteiger partial charge on any atom is -0.478 e. The van der Waals surface area contributed by atoms with Gasteiger partial charge in [-0.15, -0.1) is 0 Å². The van der Waals surface area contributed by atoms with Crippen molar-refractivity contribution in [1.82, 2.24) is 19.6 Å². The molecule has 24 heavy (non-hydrogen) atoms. The number of carbonyl (C=O) groups excluding carboxylic acids is 2. The van der Waals surface area contributed by atoms with Gasteiger partial charge in [-0.2, -0.15) is 5.10 Å². The van der Waals surface area contributed by atoms with Gasteiger partial charge in [-0.3, -0.25) is 14.3 Å². The van der Waals surface area contributed by atoms with Crippen LogP contribution < -0.4 is 0 Å². The van der Waals surface area contributed by atoms with Gasteiger partial charge in [-0.1, -0.05) is 0 Å². The van der Waals surface area contributed by atoms with E-state index in [2.05, 4.69) is 5.10 Å². The third-order valence-corrected chi connectivity index (χ3v) is 4.35. The lowest BCUT2D eigenvalue weighted by molar-refractivity contribution is -0.142. The van der Waals surface area contributed by atoms with Crippen molar-refractivity contribution in [3.63, 3.8) is 0 Å². The lowest BCUT2D eigenvalue weighted by Crippen LogP contribution is -2.53. The summed E-state index contributed by atoms with van der Waals surface area (Å²) in [6.07, 6.45) is 2.59. The molecule has 0 aromatic carbocycles. The molecule has 2 fully saturated rings. The largest absolute Gasteiger partial charge is 0.478 e. The van der Waals surface area contributed by atoms with E-state index in [4.69, 9.17) is 4.74 Å². The summed E-state index contributed by atoms with van der Waals surface area (Å²) in [6.45, 7) is 2.16. The maximum Gasteiger partial charge on any atom is 0.339 e. The van der Waals surface area contributed by atoms with Crippen LogP contribution in [-0.2, 0) is 16.6 Å². The molecule has 1 atom stereocenters. The summed E-state index contributed by atoms with van der Waals surface area (Å²) in [4.78, 5) is 39.3. The Morgan fingerprint density at radius 1 is 1.21 bits per heavy atom. The first kappa shape index (κ1) is 16.4. The van der Waals surface area contributed by atoms with Crippen molar-refractivity contribution in [3.8, 4) is 0 Å². The summed E-state index contributed by atoms with van der Waals surface area (Å²) in [6, 6.07) is 0. The van der Waals surface area contributed by atoms with Gasteiger partial charge in [0, 0.05) is 46.0 Å². The Hall–Kier alpha value is -2.42. The molecular weight excluding hydrogens is 316 g/mol. The Kier molecular flexibility index (Phi) is 4.52. The predicted molar refractivity (Wildman–Crippen MR) is 81.6 cm³/mol. The molecule has 2 aliphatic rings. The molecule has 2 saturated heterocycles. The second-order valence-corrected chi connectivity index (χ2v) is 5.99. The van der Waals surface area contributed by atoms with Gasteiger partial charge in [0.15, 0.2) is 5.69 Å². The van der Waals surface area contributed by atoms with Crippen LogP contribution in [0.1, 0.15) is 33.7 Å². The second-order valence-electron chi connectivity index (χ2n) is 5.99. The van der Waals surface area contributed by atoms with Crippen molar-refractivity contribution >= 4 is 17.8 Å². The highest BCUT2D eigenvalue weighted by Crippen LogP contribution is 2.17. The lowest BCUT2D eigenvalue weighted by atomic mass is 10.2. The maximum atomic E-state index is 12.5. The van der Waals surface area contributed by atoms with E-state index >= 15 is 0 Å². The lowest BCUT2D eigenvalue weighted by Gasteiger charge is -2.35. The van der Waals surface area contributed by atoms with Crippen LogP contribution in [0.5, 0.6) is 0 Å². The summed E-state index contributed by atoms with van der Waals surface area (Å²) in [5, 5.41) is 13.1. The monoisotopic (exact) mass is 336 g/mol. The van der Waals surface area contributed by atoms with Crippen LogP contribution in [-0.4, -0.2) is 81.4 Å². The number of aromatic nitrogens is 2. The fourth-order valence-electron chi connectivity index (χ4n) is 3.06. The standard InChI is InChI=1S/C15H20N4O5/c1-17-9-10(15(22)23)12(16-17)14(21)19-6-4-18(5-7-19)13(20)11-3-2-8-24-11/h9,11H,2-8H2,1H3,(H,22,23). The number of aromatic carboxylic acids is 1. The number of carboxylic acids is 1. The van der Waals surface area contributed by atoms with E-state index in [-0.39, 0.29) is 23.3 Å². The SMILES string of the molecule is Cn1cc(C(=O)O)c(C(=O)N2CCN(C(=O)C3CCCO3)CC2)n1. The van der Waals surface area contributed by atoms with Crippen molar-refractivity contribution in [2.45, 2.75) is 18.9 Å². The Balaban J connectivity index is 1.63. The highest BCUT2D eigenvalue weighted by Gasteiger charge is 2.33. The Morgan fingerprint density at radius 3 is 2.46 bits per heavy atom. The van der Waals surface area contributed by atoms with E-state index in [1.807, 2.05) is 0 Å². The number of carbonyl (C=O) groups is 3. The van der Waals surface area contributed by atoms with Crippen LogP contribution in [0.2, 0.25) is 0 Å². The van der Waals surface area contributed by atoms with Crippen LogP contribution in [0.4, 0.5) is 0 Å². The highest BCUT2D eigenvalue weighted by molar-refractivity contribution is 6.03. The highest BCUT2D eigenvalue weighted by atomic mass is 16.5. The van der Waals surface area contributed by atoms with E-state index in [9.17, 15) is 19.5 Å². The zero-order chi connectivity index (χ0) is 17.3. The molecule has 3 rings (SSSR count). The number of aryl methyl sites for hydroxylation is 1. The molecule has 1 aromatic heterocycles. The molecule has 0 bridgehead atoms. The number of nitrogens with zero attached hydrogens (tertiary/aromatic N) is 4. The number of amides is 2. The predicted octanol–water partition coefficient (Wildman–Crippen LogP) is -0.418. The van der Waals surface area contributed by atoms with E-state index in [0.29, 0.717) is 32.8 Å². The van der Waals surface area contributed by atoms with Crippen LogP contribution >= 0.6 is 0 Å². The molecule has 3 heterocycles. The molecule has 0 saturated carbocycles. The van der Waals surface area contributed by atoms with E-state index in [1.54, 1.807) is 11.9 Å². The molecule has 0 aliphatic carbocycles. The van der Waals surface area contributed by atoms with Crippen molar-refractivity contribution in [2.24, 2.45) is 7.05 Å². The first-order chi connectivity index (χ1) is 11.5. The average Bonchev–Trinajstić information content (AvgIpc) is 3.23. The molecule has 2 aliphatic heterocycles. The number of piperazine rings is 1. The third kappa shape index (κ3) is 3.12. The second kappa shape index (κ2) is 6.60. The number of hydrogen-bond acceptors (Lipinski definition) is 5. The van der Waals surface area contributed by atoms with Crippen molar-refractivity contribution in [2.75, 3.05) is 32.8 Å². The first-order valence-electron chi connectivity index (χ1n) is 7.94. The Morgan fingerprint density at radius 2 is 1.88 bits per heavy atom. The summed E-state index contributed by atoms with van der Waals surface area (Å²) >= 11 is 0. The maximum absolute atomic E-state index is 12.5. The zero-order valence-electron chi connectivity index (χ0n) is 13.5. The van der Waals surface area contributed by atoms with E-state index < -0.39 is 11.9 Å². The van der Waals surface area contributed by atoms with Crippen LogP contribution in [0, 0.1) is 0 Å². The van der Waals surface area contributed by atoms with Gasteiger partial charge in [0.2, 0.25) is 0 Å². The van der Waals surface area contributed by atoms with Crippen LogP contribution in [0.25, 0.3) is 0 Å².